The van der Waals surface area contributed by atoms with Crippen LogP contribution in [0.5, 0.6) is 5.75 Å². The molecule has 0 saturated heterocycles. The summed E-state index contributed by atoms with van der Waals surface area (Å²) in [7, 11) is -2.12. The zero-order valence-electron chi connectivity index (χ0n) is 15.9. The van der Waals surface area contributed by atoms with E-state index in [1.54, 1.807) is 16.8 Å². The highest BCUT2D eigenvalue weighted by Gasteiger charge is 2.23. The van der Waals surface area contributed by atoms with Crippen LogP contribution < -0.4 is 10.5 Å². The van der Waals surface area contributed by atoms with Crippen LogP contribution in [0.15, 0.2) is 59.8 Å². The van der Waals surface area contributed by atoms with Gasteiger partial charge in [0.05, 0.1) is 24.7 Å². The standard InChI is InChI=1S/C20H19N5O3S/c1-28-15-11-7-6-10-14(15)17-16-18(21)25(12-13-8-4-3-5-9-13)24-19(16)23-20(22-17)29(2,26)27/h3-11H,12,21H2,1-2H3. The number of anilines is 1. The van der Waals surface area contributed by atoms with E-state index in [4.69, 9.17) is 10.5 Å². The van der Waals surface area contributed by atoms with Crippen molar-refractivity contribution >= 4 is 26.7 Å². The number of sulfone groups is 1. The van der Waals surface area contributed by atoms with Crippen molar-refractivity contribution < 1.29 is 13.2 Å². The van der Waals surface area contributed by atoms with E-state index in [1.165, 1.54) is 7.11 Å². The van der Waals surface area contributed by atoms with Gasteiger partial charge in [0.15, 0.2) is 5.65 Å². The van der Waals surface area contributed by atoms with Gasteiger partial charge in [-0.3, -0.25) is 0 Å². The lowest BCUT2D eigenvalue weighted by Crippen LogP contribution is -2.06. The number of hydrogen-bond donors (Lipinski definition) is 1. The Labute approximate surface area is 167 Å². The summed E-state index contributed by atoms with van der Waals surface area (Å²) in [6.07, 6.45) is 1.06. The third-order valence-corrected chi connectivity index (χ3v) is 5.33. The fourth-order valence-corrected chi connectivity index (χ4v) is 3.62. The summed E-state index contributed by atoms with van der Waals surface area (Å²) in [6, 6.07) is 16.9. The van der Waals surface area contributed by atoms with Crippen LogP contribution in [0.1, 0.15) is 5.56 Å². The van der Waals surface area contributed by atoms with Crippen LogP contribution in [0, 0.1) is 0 Å². The number of aromatic nitrogens is 4. The number of nitrogens with two attached hydrogens (primary N) is 1. The van der Waals surface area contributed by atoms with E-state index in [1.807, 2.05) is 42.5 Å². The number of rotatable bonds is 5. The van der Waals surface area contributed by atoms with Crippen molar-refractivity contribution in [1.29, 1.82) is 0 Å². The van der Waals surface area contributed by atoms with E-state index in [9.17, 15) is 8.42 Å². The Hall–Kier alpha value is -3.46. The van der Waals surface area contributed by atoms with Gasteiger partial charge in [0.2, 0.25) is 15.0 Å². The van der Waals surface area contributed by atoms with Crippen molar-refractivity contribution in [2.45, 2.75) is 11.7 Å². The van der Waals surface area contributed by atoms with Gasteiger partial charge in [0.25, 0.3) is 0 Å². The van der Waals surface area contributed by atoms with E-state index in [0.29, 0.717) is 34.8 Å². The van der Waals surface area contributed by atoms with Gasteiger partial charge in [-0.05, 0) is 17.7 Å². The first kappa shape index (κ1) is 18.9. The monoisotopic (exact) mass is 409 g/mol. The molecular weight excluding hydrogens is 390 g/mol. The lowest BCUT2D eigenvalue weighted by atomic mass is 10.1. The first-order valence-corrected chi connectivity index (χ1v) is 10.7. The Kier molecular flexibility index (Phi) is 4.67. The Morgan fingerprint density at radius 2 is 1.72 bits per heavy atom. The molecule has 0 bridgehead atoms. The van der Waals surface area contributed by atoms with Crippen molar-refractivity contribution in [3.63, 3.8) is 0 Å². The number of nitrogens with zero attached hydrogens (tertiary/aromatic N) is 4. The minimum absolute atomic E-state index is 0.217. The average Bonchev–Trinajstić information content (AvgIpc) is 3.03. The minimum Gasteiger partial charge on any atom is -0.496 e. The van der Waals surface area contributed by atoms with Gasteiger partial charge in [0, 0.05) is 11.8 Å². The molecule has 2 aromatic carbocycles. The Bertz CT molecular complexity index is 1300. The predicted octanol–water partition coefficient (Wildman–Crippen LogP) is 2.54. The number of methoxy groups -OCH3 is 1. The topological polar surface area (TPSA) is 113 Å². The number of ether oxygens (including phenoxy) is 1. The molecule has 4 rings (SSSR count). The molecule has 0 saturated carbocycles. The lowest BCUT2D eigenvalue weighted by molar-refractivity contribution is 0.416. The van der Waals surface area contributed by atoms with Crippen LogP contribution in [-0.4, -0.2) is 41.5 Å². The minimum atomic E-state index is -3.66. The fraction of sp³-hybridized carbons (Fsp3) is 0.150. The molecular formula is C20H19N5O3S. The van der Waals surface area contributed by atoms with Gasteiger partial charge in [-0.2, -0.15) is 4.98 Å². The first-order chi connectivity index (χ1) is 13.9. The number of fused-ring (bicyclic) bond motifs is 1. The summed E-state index contributed by atoms with van der Waals surface area (Å²) in [5.41, 5.74) is 8.60. The smallest absolute Gasteiger partial charge is 0.249 e. The largest absolute Gasteiger partial charge is 0.496 e. The molecule has 0 unspecified atom stereocenters. The van der Waals surface area contributed by atoms with Gasteiger partial charge < -0.3 is 10.5 Å². The maximum absolute atomic E-state index is 12.2. The number of benzene rings is 2. The van der Waals surface area contributed by atoms with Gasteiger partial charge in [-0.15, -0.1) is 5.10 Å². The molecule has 4 aromatic rings. The molecule has 0 aliphatic rings. The predicted molar refractivity (Wildman–Crippen MR) is 110 cm³/mol. The summed E-state index contributed by atoms with van der Waals surface area (Å²) in [4.78, 5) is 8.48. The molecule has 0 aliphatic carbocycles. The van der Waals surface area contributed by atoms with Gasteiger partial charge in [-0.25, -0.2) is 18.1 Å². The van der Waals surface area contributed by atoms with E-state index in [2.05, 4.69) is 15.1 Å². The molecule has 2 aromatic heterocycles. The van der Waals surface area contributed by atoms with E-state index in [-0.39, 0.29) is 10.8 Å². The second kappa shape index (κ2) is 7.17. The van der Waals surface area contributed by atoms with Crippen molar-refractivity contribution in [1.82, 2.24) is 19.7 Å². The third kappa shape index (κ3) is 3.52. The number of hydrogen-bond acceptors (Lipinski definition) is 7. The normalized spacial score (nSPS) is 11.7. The zero-order valence-corrected chi connectivity index (χ0v) is 16.7. The summed E-state index contributed by atoms with van der Waals surface area (Å²) >= 11 is 0. The van der Waals surface area contributed by atoms with Crippen LogP contribution in [0.4, 0.5) is 5.82 Å². The fourth-order valence-electron chi connectivity index (χ4n) is 3.11. The third-order valence-electron chi connectivity index (χ3n) is 4.49. The van der Waals surface area contributed by atoms with Crippen LogP contribution >= 0.6 is 0 Å². The Balaban J connectivity index is 2.00. The highest BCUT2D eigenvalue weighted by Crippen LogP contribution is 2.36. The van der Waals surface area contributed by atoms with E-state index >= 15 is 0 Å². The number of para-hydroxylation sites is 1. The molecule has 29 heavy (non-hydrogen) atoms. The maximum atomic E-state index is 12.2. The van der Waals surface area contributed by atoms with Crippen LogP contribution in [0.2, 0.25) is 0 Å². The van der Waals surface area contributed by atoms with Crippen LogP contribution in [0.25, 0.3) is 22.3 Å². The SMILES string of the molecule is COc1ccccc1-c1nc(S(C)(=O)=O)nc2nn(Cc3ccccc3)c(N)c12. The summed E-state index contributed by atoms with van der Waals surface area (Å²) in [5.74, 6) is 0.895. The molecule has 0 aliphatic heterocycles. The van der Waals surface area contributed by atoms with Gasteiger partial charge in [0.1, 0.15) is 11.6 Å². The van der Waals surface area contributed by atoms with Crippen molar-refractivity contribution in [3.05, 3.63) is 60.2 Å². The van der Waals surface area contributed by atoms with Crippen molar-refractivity contribution in [3.8, 4) is 17.0 Å². The molecule has 8 nitrogen and oxygen atoms in total. The van der Waals surface area contributed by atoms with Crippen LogP contribution in [0.3, 0.4) is 0 Å². The summed E-state index contributed by atoms with van der Waals surface area (Å²) in [6.45, 7) is 0.419. The van der Waals surface area contributed by atoms with Gasteiger partial charge >= 0.3 is 0 Å². The van der Waals surface area contributed by atoms with E-state index < -0.39 is 9.84 Å². The molecule has 0 radical (unpaired) electrons. The average molecular weight is 409 g/mol. The Morgan fingerprint density at radius 1 is 1.03 bits per heavy atom. The first-order valence-electron chi connectivity index (χ1n) is 8.80. The lowest BCUT2D eigenvalue weighted by Gasteiger charge is -2.10. The maximum Gasteiger partial charge on any atom is 0.249 e. The molecule has 9 heteroatoms. The molecule has 0 spiro atoms. The van der Waals surface area contributed by atoms with Crippen molar-refractivity contribution in [2.75, 3.05) is 19.1 Å². The highest BCUT2D eigenvalue weighted by atomic mass is 32.2. The van der Waals surface area contributed by atoms with Gasteiger partial charge in [-0.1, -0.05) is 42.5 Å². The summed E-state index contributed by atoms with van der Waals surface area (Å²) in [5, 5.41) is 4.63. The second-order valence-electron chi connectivity index (χ2n) is 6.55. The number of nitrogen functional groups attached to an aromatic ring is 1. The zero-order chi connectivity index (χ0) is 20.6. The van der Waals surface area contributed by atoms with E-state index in [0.717, 1.165) is 11.8 Å². The Morgan fingerprint density at radius 3 is 2.41 bits per heavy atom. The molecule has 2 N–H and O–H groups in total. The molecule has 2 heterocycles. The molecule has 0 fully saturated rings. The van der Waals surface area contributed by atoms with Crippen molar-refractivity contribution in [2.24, 2.45) is 0 Å². The molecule has 0 atom stereocenters. The molecule has 148 valence electrons. The molecule has 0 amide bonds. The summed E-state index contributed by atoms with van der Waals surface area (Å²) < 4.78 is 31.4. The highest BCUT2D eigenvalue weighted by molar-refractivity contribution is 7.90. The second-order valence-corrected chi connectivity index (χ2v) is 8.46. The quantitative estimate of drug-likeness (QED) is 0.504. The van der Waals surface area contributed by atoms with Crippen LogP contribution in [-0.2, 0) is 16.4 Å².